The molecule has 0 radical (unpaired) electrons. The Hall–Kier alpha value is -1.06. The second-order valence-corrected chi connectivity index (χ2v) is 4.72. The molecule has 1 heterocycles. The van der Waals surface area contributed by atoms with E-state index < -0.39 is 0 Å². The number of aromatic nitrogens is 1. The van der Waals surface area contributed by atoms with Gasteiger partial charge in [0.1, 0.15) is 0 Å². The monoisotopic (exact) mass is 278 g/mol. The largest absolute Gasteiger partial charge is 0.362 e. The second kappa shape index (κ2) is 4.85. The number of H-pyrrole nitrogens is 1. The molecule has 0 unspecified atom stereocenters. The number of hydrogen-bond acceptors (Lipinski definition) is 1. The van der Waals surface area contributed by atoms with Crippen LogP contribution in [0, 0.1) is 6.92 Å². The van der Waals surface area contributed by atoms with Crippen LogP contribution in [0.3, 0.4) is 0 Å². The van der Waals surface area contributed by atoms with E-state index >= 15 is 0 Å². The highest BCUT2D eigenvalue weighted by atomic mass is 79.9. The van der Waals surface area contributed by atoms with Crippen molar-refractivity contribution in [3.05, 3.63) is 46.2 Å². The van der Waals surface area contributed by atoms with Crippen molar-refractivity contribution in [3.63, 3.8) is 0 Å². The van der Waals surface area contributed by atoms with Gasteiger partial charge in [-0.1, -0.05) is 34.1 Å². The van der Waals surface area contributed by atoms with Gasteiger partial charge >= 0.3 is 0 Å². The summed E-state index contributed by atoms with van der Waals surface area (Å²) in [6, 6.07) is 10.4. The molecule has 84 valence electrons. The first-order valence-corrected chi connectivity index (χ1v) is 6.15. The molecule has 0 aliphatic heterocycles. The maximum absolute atomic E-state index is 5.62. The van der Waals surface area contributed by atoms with Crippen LogP contribution in [0.4, 0.5) is 0 Å². The molecule has 0 bridgehead atoms. The van der Waals surface area contributed by atoms with E-state index in [2.05, 4.69) is 52.1 Å². The van der Waals surface area contributed by atoms with Crippen molar-refractivity contribution < 1.29 is 0 Å². The summed E-state index contributed by atoms with van der Waals surface area (Å²) in [6.07, 6.45) is 0.879. The standard InChI is InChI=1S/C13H15BrN2/c1-9-8-11(13(16-9)6-7-15)10-4-2-3-5-12(10)14/h2-5,8,16H,6-7,15H2,1H3. The smallest absolute Gasteiger partial charge is 0.0254 e. The van der Waals surface area contributed by atoms with E-state index in [0.717, 1.165) is 10.9 Å². The van der Waals surface area contributed by atoms with Gasteiger partial charge in [0.05, 0.1) is 0 Å². The van der Waals surface area contributed by atoms with Crippen LogP contribution in [0.25, 0.3) is 11.1 Å². The number of rotatable bonds is 3. The van der Waals surface area contributed by atoms with Gasteiger partial charge in [0, 0.05) is 27.8 Å². The summed E-state index contributed by atoms with van der Waals surface area (Å²) in [5, 5.41) is 0. The van der Waals surface area contributed by atoms with Gasteiger partial charge in [0.2, 0.25) is 0 Å². The van der Waals surface area contributed by atoms with Crippen molar-refractivity contribution >= 4 is 15.9 Å². The van der Waals surface area contributed by atoms with Crippen LogP contribution in [0.15, 0.2) is 34.8 Å². The minimum Gasteiger partial charge on any atom is -0.362 e. The van der Waals surface area contributed by atoms with Crippen molar-refractivity contribution in [1.82, 2.24) is 4.98 Å². The molecule has 0 atom stereocenters. The second-order valence-electron chi connectivity index (χ2n) is 3.86. The average molecular weight is 279 g/mol. The molecule has 16 heavy (non-hydrogen) atoms. The lowest BCUT2D eigenvalue weighted by atomic mass is 10.0. The quantitative estimate of drug-likeness (QED) is 0.889. The molecule has 0 saturated heterocycles. The first kappa shape index (κ1) is 11.4. The van der Waals surface area contributed by atoms with Crippen molar-refractivity contribution in [2.45, 2.75) is 13.3 Å². The number of aryl methyl sites for hydroxylation is 1. The zero-order valence-corrected chi connectivity index (χ0v) is 10.8. The number of nitrogens with one attached hydrogen (secondary N) is 1. The molecule has 0 amide bonds. The molecule has 0 aliphatic carbocycles. The molecular formula is C13H15BrN2. The molecule has 0 aliphatic rings. The summed E-state index contributed by atoms with van der Waals surface area (Å²) in [6.45, 7) is 2.73. The van der Waals surface area contributed by atoms with Gasteiger partial charge in [0.25, 0.3) is 0 Å². The van der Waals surface area contributed by atoms with Crippen LogP contribution in [0.5, 0.6) is 0 Å². The van der Waals surface area contributed by atoms with E-state index in [1.807, 2.05) is 6.07 Å². The van der Waals surface area contributed by atoms with Crippen molar-refractivity contribution in [1.29, 1.82) is 0 Å². The van der Waals surface area contributed by atoms with E-state index in [1.54, 1.807) is 0 Å². The highest BCUT2D eigenvalue weighted by Gasteiger charge is 2.10. The van der Waals surface area contributed by atoms with Crippen LogP contribution >= 0.6 is 15.9 Å². The van der Waals surface area contributed by atoms with Gasteiger partial charge < -0.3 is 10.7 Å². The number of nitrogens with two attached hydrogens (primary N) is 1. The van der Waals surface area contributed by atoms with E-state index in [0.29, 0.717) is 6.54 Å². The van der Waals surface area contributed by atoms with Gasteiger partial charge in [-0.05, 0) is 31.2 Å². The topological polar surface area (TPSA) is 41.8 Å². The lowest BCUT2D eigenvalue weighted by Gasteiger charge is -2.05. The first-order chi connectivity index (χ1) is 7.72. The summed E-state index contributed by atoms with van der Waals surface area (Å²) < 4.78 is 1.12. The number of halogens is 1. The van der Waals surface area contributed by atoms with Crippen molar-refractivity contribution in [2.24, 2.45) is 5.73 Å². The Morgan fingerprint density at radius 3 is 2.69 bits per heavy atom. The Morgan fingerprint density at radius 1 is 1.25 bits per heavy atom. The minimum atomic E-state index is 0.664. The predicted octanol–water partition coefficient (Wildman–Crippen LogP) is 3.25. The molecule has 1 aromatic heterocycles. The molecule has 2 rings (SSSR count). The SMILES string of the molecule is Cc1cc(-c2ccccc2Br)c(CCN)[nH]1. The van der Waals surface area contributed by atoms with Gasteiger partial charge in [-0.15, -0.1) is 0 Å². The Kier molecular flexibility index (Phi) is 3.46. The van der Waals surface area contributed by atoms with Crippen LogP contribution in [0.2, 0.25) is 0 Å². The molecule has 3 heteroatoms. The van der Waals surface area contributed by atoms with E-state index in [4.69, 9.17) is 5.73 Å². The third-order valence-corrected chi connectivity index (χ3v) is 3.28. The van der Waals surface area contributed by atoms with E-state index in [1.165, 1.54) is 22.5 Å². The maximum Gasteiger partial charge on any atom is 0.0254 e. The van der Waals surface area contributed by atoms with E-state index in [-0.39, 0.29) is 0 Å². The Morgan fingerprint density at radius 2 is 2.00 bits per heavy atom. The fraction of sp³-hybridized carbons (Fsp3) is 0.231. The normalized spacial score (nSPS) is 10.7. The number of hydrogen-bond donors (Lipinski definition) is 2. The summed E-state index contributed by atoms with van der Waals surface area (Å²) in [7, 11) is 0. The molecule has 2 nitrogen and oxygen atoms in total. The lowest BCUT2D eigenvalue weighted by molar-refractivity contribution is 0.931. The van der Waals surface area contributed by atoms with Crippen LogP contribution < -0.4 is 5.73 Å². The minimum absolute atomic E-state index is 0.664. The van der Waals surface area contributed by atoms with Crippen LogP contribution in [-0.4, -0.2) is 11.5 Å². The summed E-state index contributed by atoms with van der Waals surface area (Å²) in [5.41, 5.74) is 10.5. The Bertz CT molecular complexity index is 488. The predicted molar refractivity (Wildman–Crippen MR) is 71.4 cm³/mol. The van der Waals surface area contributed by atoms with Crippen molar-refractivity contribution in [3.8, 4) is 11.1 Å². The Balaban J connectivity index is 2.51. The summed E-state index contributed by atoms with van der Waals surface area (Å²) in [5.74, 6) is 0. The number of benzene rings is 1. The van der Waals surface area contributed by atoms with Crippen LogP contribution in [0.1, 0.15) is 11.4 Å². The fourth-order valence-electron chi connectivity index (χ4n) is 1.91. The molecule has 0 saturated carbocycles. The lowest BCUT2D eigenvalue weighted by Crippen LogP contribution is -2.04. The molecule has 0 spiro atoms. The highest BCUT2D eigenvalue weighted by molar-refractivity contribution is 9.10. The van der Waals surface area contributed by atoms with Gasteiger partial charge in [-0.25, -0.2) is 0 Å². The zero-order valence-electron chi connectivity index (χ0n) is 9.26. The third-order valence-electron chi connectivity index (χ3n) is 2.59. The fourth-order valence-corrected chi connectivity index (χ4v) is 2.40. The van der Waals surface area contributed by atoms with Crippen LogP contribution in [-0.2, 0) is 6.42 Å². The highest BCUT2D eigenvalue weighted by Crippen LogP contribution is 2.31. The molecule has 3 N–H and O–H groups in total. The van der Waals surface area contributed by atoms with Gasteiger partial charge in [-0.3, -0.25) is 0 Å². The summed E-state index contributed by atoms with van der Waals surface area (Å²) >= 11 is 3.58. The van der Waals surface area contributed by atoms with Crippen molar-refractivity contribution in [2.75, 3.05) is 6.54 Å². The number of aromatic amines is 1. The maximum atomic E-state index is 5.62. The van der Waals surface area contributed by atoms with Gasteiger partial charge in [-0.2, -0.15) is 0 Å². The summed E-state index contributed by atoms with van der Waals surface area (Å²) in [4.78, 5) is 3.37. The average Bonchev–Trinajstić information content (AvgIpc) is 2.61. The molecule has 2 aromatic rings. The molecule has 1 aromatic carbocycles. The zero-order chi connectivity index (χ0) is 11.5. The first-order valence-electron chi connectivity index (χ1n) is 5.36. The van der Waals surface area contributed by atoms with Gasteiger partial charge in [0.15, 0.2) is 0 Å². The third kappa shape index (κ3) is 2.20. The van der Waals surface area contributed by atoms with E-state index in [9.17, 15) is 0 Å². The molecular weight excluding hydrogens is 264 g/mol. The molecule has 0 fully saturated rings. The Labute approximate surface area is 104 Å².